The van der Waals surface area contributed by atoms with Gasteiger partial charge < -0.3 is 0 Å². The van der Waals surface area contributed by atoms with Gasteiger partial charge in [-0.15, -0.1) is 0 Å². The molecule has 0 aliphatic carbocycles. The maximum absolute atomic E-state index is 2.08. The fourth-order valence-electron chi connectivity index (χ4n) is 0.566. The van der Waals surface area contributed by atoms with Crippen molar-refractivity contribution < 1.29 is 0 Å². The summed E-state index contributed by atoms with van der Waals surface area (Å²) in [4.78, 5) is 0. The van der Waals surface area contributed by atoms with Crippen LogP contribution in [0.25, 0.3) is 0 Å². The molecule has 0 spiro atoms. The van der Waals surface area contributed by atoms with E-state index in [4.69, 9.17) is 0 Å². The molecule has 0 aliphatic heterocycles. The Morgan fingerprint density at radius 2 is 1.78 bits per heavy atom. The van der Waals surface area contributed by atoms with Gasteiger partial charge in [0.1, 0.15) is 0 Å². The van der Waals surface area contributed by atoms with Crippen LogP contribution in [0.5, 0.6) is 0 Å². The third kappa shape index (κ3) is 5.09. The lowest BCUT2D eigenvalue weighted by molar-refractivity contribution is 1.50. The second-order valence-electron chi connectivity index (χ2n) is 1.94. The van der Waals surface area contributed by atoms with Crippen LogP contribution in [0, 0.1) is 0 Å². The van der Waals surface area contributed by atoms with Crippen LogP contribution in [0.3, 0.4) is 0 Å². The summed E-state index contributed by atoms with van der Waals surface area (Å²) < 4.78 is 0. The van der Waals surface area contributed by atoms with Crippen LogP contribution in [0.4, 0.5) is 0 Å². The van der Waals surface area contributed by atoms with E-state index >= 15 is 0 Å². The Kier molecular flexibility index (Phi) is 4.89. The minimum Gasteiger partial charge on any atom is -0.0877 e. The first-order chi connectivity index (χ1) is 4.31. The molecule has 0 N–H and O–H groups in total. The Bertz CT molecular complexity index is 136. The summed E-state index contributed by atoms with van der Waals surface area (Å²) in [6, 6.07) is 0. The standard InChI is InChI=1S/C9H14/c1-4-6-8-9(3)7-5-2/h4-8H,1-3H3/b6-4?,7-5?,9-8-. The molecule has 0 unspecified atom stereocenters. The number of hydrogen-bond acceptors (Lipinski definition) is 0. The van der Waals surface area contributed by atoms with Gasteiger partial charge in [-0.05, 0) is 20.8 Å². The van der Waals surface area contributed by atoms with Gasteiger partial charge in [-0.2, -0.15) is 0 Å². The molecule has 0 fully saturated rings. The highest BCUT2D eigenvalue weighted by Gasteiger charge is 1.72. The lowest BCUT2D eigenvalue weighted by Gasteiger charge is -1.83. The van der Waals surface area contributed by atoms with Gasteiger partial charge in [-0.1, -0.05) is 36.0 Å². The van der Waals surface area contributed by atoms with E-state index in [1.807, 2.05) is 32.1 Å². The molecule has 0 bridgehead atoms. The predicted octanol–water partition coefficient (Wildman–Crippen LogP) is 3.08. The van der Waals surface area contributed by atoms with Gasteiger partial charge in [-0.3, -0.25) is 0 Å². The average Bonchev–Trinajstić information content (AvgIpc) is 1.85. The molecule has 0 heterocycles. The largest absolute Gasteiger partial charge is 0.0877 e. The van der Waals surface area contributed by atoms with Crippen LogP contribution in [0.2, 0.25) is 0 Å². The van der Waals surface area contributed by atoms with Crippen LogP contribution >= 0.6 is 0 Å². The fraction of sp³-hybridized carbons (Fsp3) is 0.333. The molecule has 0 aromatic rings. The fourth-order valence-corrected chi connectivity index (χ4v) is 0.566. The van der Waals surface area contributed by atoms with Crippen LogP contribution < -0.4 is 0 Å². The van der Waals surface area contributed by atoms with E-state index in [-0.39, 0.29) is 0 Å². The predicted molar refractivity (Wildman–Crippen MR) is 43.4 cm³/mol. The van der Waals surface area contributed by atoms with E-state index in [0.29, 0.717) is 0 Å². The highest BCUT2D eigenvalue weighted by molar-refractivity contribution is 5.20. The van der Waals surface area contributed by atoms with Crippen LogP contribution in [-0.4, -0.2) is 0 Å². The zero-order chi connectivity index (χ0) is 7.11. The molecule has 0 aromatic heterocycles. The first-order valence-electron chi connectivity index (χ1n) is 3.23. The van der Waals surface area contributed by atoms with Crippen molar-refractivity contribution in [2.24, 2.45) is 0 Å². The van der Waals surface area contributed by atoms with Crippen molar-refractivity contribution in [3.05, 3.63) is 36.0 Å². The number of allylic oxidation sites excluding steroid dienone is 6. The van der Waals surface area contributed by atoms with E-state index < -0.39 is 0 Å². The molecular weight excluding hydrogens is 108 g/mol. The Labute approximate surface area is 57.6 Å². The lowest BCUT2D eigenvalue weighted by atomic mass is 10.2. The molecule has 0 radical (unpaired) electrons. The van der Waals surface area contributed by atoms with Gasteiger partial charge in [0.05, 0.1) is 0 Å². The first kappa shape index (κ1) is 8.22. The molecular formula is C9H14. The Hall–Kier alpha value is -0.780. The van der Waals surface area contributed by atoms with Gasteiger partial charge >= 0.3 is 0 Å². The Morgan fingerprint density at radius 3 is 2.22 bits per heavy atom. The third-order valence-corrected chi connectivity index (χ3v) is 0.981. The van der Waals surface area contributed by atoms with Crippen molar-refractivity contribution in [2.75, 3.05) is 0 Å². The monoisotopic (exact) mass is 122 g/mol. The zero-order valence-electron chi connectivity index (χ0n) is 6.39. The summed E-state index contributed by atoms with van der Waals surface area (Å²) in [5.74, 6) is 0. The quantitative estimate of drug-likeness (QED) is 0.494. The topological polar surface area (TPSA) is 0 Å². The summed E-state index contributed by atoms with van der Waals surface area (Å²) >= 11 is 0. The molecule has 0 saturated heterocycles. The van der Waals surface area contributed by atoms with Crippen molar-refractivity contribution in [1.82, 2.24) is 0 Å². The molecule has 0 amide bonds. The molecule has 0 atom stereocenters. The van der Waals surface area contributed by atoms with Crippen LogP contribution in [0.1, 0.15) is 20.8 Å². The zero-order valence-corrected chi connectivity index (χ0v) is 6.39. The van der Waals surface area contributed by atoms with Gasteiger partial charge in [0, 0.05) is 0 Å². The maximum atomic E-state index is 2.08. The number of hydrogen-bond donors (Lipinski definition) is 0. The molecule has 0 aliphatic rings. The van der Waals surface area contributed by atoms with E-state index in [1.54, 1.807) is 0 Å². The maximum Gasteiger partial charge on any atom is -0.0398 e. The summed E-state index contributed by atoms with van der Waals surface area (Å²) in [5, 5.41) is 0. The van der Waals surface area contributed by atoms with Gasteiger partial charge in [0.25, 0.3) is 0 Å². The average molecular weight is 122 g/mol. The van der Waals surface area contributed by atoms with Crippen molar-refractivity contribution in [3.63, 3.8) is 0 Å². The van der Waals surface area contributed by atoms with E-state index in [1.165, 1.54) is 5.57 Å². The SMILES string of the molecule is CC=C/C=C(/C)C=CC. The molecule has 9 heavy (non-hydrogen) atoms. The van der Waals surface area contributed by atoms with Gasteiger partial charge in [0.15, 0.2) is 0 Å². The Morgan fingerprint density at radius 1 is 1.11 bits per heavy atom. The van der Waals surface area contributed by atoms with Crippen molar-refractivity contribution in [2.45, 2.75) is 20.8 Å². The van der Waals surface area contributed by atoms with E-state index in [0.717, 1.165) is 0 Å². The minimum absolute atomic E-state index is 1.29. The lowest BCUT2D eigenvalue weighted by Crippen LogP contribution is -1.62. The second-order valence-corrected chi connectivity index (χ2v) is 1.94. The normalized spacial score (nSPS) is 13.9. The molecule has 0 nitrogen and oxygen atoms in total. The minimum atomic E-state index is 1.29. The highest BCUT2D eigenvalue weighted by Crippen LogP contribution is 1.93. The Balaban J connectivity index is 3.84. The molecule has 0 heteroatoms. The third-order valence-electron chi connectivity index (χ3n) is 0.981. The van der Waals surface area contributed by atoms with Crippen LogP contribution in [0.15, 0.2) is 36.0 Å². The summed E-state index contributed by atoms with van der Waals surface area (Å²) in [7, 11) is 0. The molecule has 0 rings (SSSR count). The highest BCUT2D eigenvalue weighted by atomic mass is 13.8. The second kappa shape index (κ2) is 5.36. The van der Waals surface area contributed by atoms with Crippen molar-refractivity contribution in [1.29, 1.82) is 0 Å². The number of rotatable bonds is 2. The van der Waals surface area contributed by atoms with E-state index in [2.05, 4.69) is 19.1 Å². The summed E-state index contributed by atoms with van der Waals surface area (Å²) in [6.45, 7) is 6.12. The molecule has 0 aromatic carbocycles. The molecule has 0 saturated carbocycles. The smallest absolute Gasteiger partial charge is 0.0398 e. The van der Waals surface area contributed by atoms with Crippen molar-refractivity contribution >= 4 is 0 Å². The van der Waals surface area contributed by atoms with E-state index in [9.17, 15) is 0 Å². The van der Waals surface area contributed by atoms with Crippen molar-refractivity contribution in [3.8, 4) is 0 Å². The summed E-state index contributed by atoms with van der Waals surface area (Å²) in [6.07, 6.45) is 10.3. The van der Waals surface area contributed by atoms with Gasteiger partial charge in [-0.25, -0.2) is 0 Å². The molecule has 50 valence electrons. The summed E-state index contributed by atoms with van der Waals surface area (Å²) in [5.41, 5.74) is 1.29. The van der Waals surface area contributed by atoms with Crippen LogP contribution in [-0.2, 0) is 0 Å². The first-order valence-corrected chi connectivity index (χ1v) is 3.23. The van der Waals surface area contributed by atoms with Gasteiger partial charge in [0.2, 0.25) is 0 Å².